The Balaban J connectivity index is 1.65. The molecular formula is C39H56N5O6P. The van der Waals surface area contributed by atoms with Crippen LogP contribution < -0.4 is 26.4 Å². The fraction of sp³-hybridized carbons (Fsp3) is 0.410. The summed E-state index contributed by atoms with van der Waals surface area (Å²) in [5.41, 5.74) is 5.09. The molecule has 51 heavy (non-hydrogen) atoms. The van der Waals surface area contributed by atoms with Crippen molar-refractivity contribution in [3.63, 3.8) is 0 Å². The van der Waals surface area contributed by atoms with Crippen LogP contribution in [0.4, 0.5) is 5.82 Å². The van der Waals surface area contributed by atoms with Gasteiger partial charge < -0.3 is 20.3 Å². The zero-order valence-electron chi connectivity index (χ0n) is 30.1. The molecule has 0 fully saturated rings. The molecule has 0 bridgehead atoms. The van der Waals surface area contributed by atoms with E-state index in [0.717, 1.165) is 38.5 Å². The SMILES string of the molecule is CC/C=C\C/C=C\C/C=C\C/C=C\C/C=C\C/C=C\CCC(=O)NCCNP(=O)(OCC(CCn1ccc(N)nc1=O)OC)Oc1ccccc1. The van der Waals surface area contributed by atoms with Gasteiger partial charge in [-0.1, -0.05) is 98.0 Å². The number of carbonyl (C=O) groups excluding carboxylic acids is 1. The van der Waals surface area contributed by atoms with Gasteiger partial charge in [-0.25, -0.2) is 14.4 Å². The van der Waals surface area contributed by atoms with Gasteiger partial charge in [0, 0.05) is 39.4 Å². The van der Waals surface area contributed by atoms with Crippen LogP contribution in [0, 0.1) is 0 Å². The minimum absolute atomic E-state index is 0.0664. The fourth-order valence-electron chi connectivity index (χ4n) is 4.41. The zero-order valence-corrected chi connectivity index (χ0v) is 31.0. The van der Waals surface area contributed by atoms with Crippen molar-refractivity contribution >= 4 is 19.5 Å². The van der Waals surface area contributed by atoms with Crippen molar-refractivity contribution in [2.45, 2.75) is 77.4 Å². The summed E-state index contributed by atoms with van der Waals surface area (Å²) in [6.07, 6.45) is 33.9. The summed E-state index contributed by atoms with van der Waals surface area (Å²) in [6.45, 7) is 2.76. The molecule has 0 spiro atoms. The Morgan fingerprint density at radius 2 is 1.47 bits per heavy atom. The summed E-state index contributed by atoms with van der Waals surface area (Å²) < 4.78 is 32.0. The highest BCUT2D eigenvalue weighted by Crippen LogP contribution is 2.44. The van der Waals surface area contributed by atoms with Crippen LogP contribution in [0.3, 0.4) is 0 Å². The molecule has 278 valence electrons. The lowest BCUT2D eigenvalue weighted by atomic mass is 10.2. The number of aryl methyl sites for hydroxylation is 1. The quantitative estimate of drug-likeness (QED) is 0.0482. The number of amides is 1. The van der Waals surface area contributed by atoms with E-state index in [1.54, 1.807) is 30.5 Å². The minimum Gasteiger partial charge on any atom is -0.413 e. The zero-order chi connectivity index (χ0) is 36.8. The van der Waals surface area contributed by atoms with Crippen LogP contribution in [0.2, 0.25) is 0 Å². The predicted octanol–water partition coefficient (Wildman–Crippen LogP) is 7.62. The summed E-state index contributed by atoms with van der Waals surface area (Å²) in [5.74, 6) is 0.402. The molecule has 0 aliphatic heterocycles. The second-order valence-corrected chi connectivity index (χ2v) is 13.1. The molecule has 2 aromatic rings. The molecule has 0 saturated heterocycles. The molecule has 2 unspecified atom stereocenters. The molecule has 1 amide bonds. The fourth-order valence-corrected chi connectivity index (χ4v) is 5.76. The Hall–Kier alpha value is -4.28. The molecule has 1 aromatic heterocycles. The van der Waals surface area contributed by atoms with E-state index in [2.05, 4.69) is 89.1 Å². The molecule has 2 rings (SSSR count). The number of nitrogens with zero attached hydrogens (tertiary/aromatic N) is 2. The molecule has 0 aliphatic carbocycles. The number of nitrogens with one attached hydrogen (secondary N) is 2. The average molecular weight is 722 g/mol. The topological polar surface area (TPSA) is 147 Å². The van der Waals surface area contributed by atoms with Gasteiger partial charge in [-0.2, -0.15) is 4.98 Å². The summed E-state index contributed by atoms with van der Waals surface area (Å²) >= 11 is 0. The Kier molecular flexibility index (Phi) is 23.1. The predicted molar refractivity (Wildman–Crippen MR) is 207 cm³/mol. The van der Waals surface area contributed by atoms with Crippen LogP contribution in [-0.4, -0.2) is 48.4 Å². The van der Waals surface area contributed by atoms with Crippen molar-refractivity contribution in [3.05, 3.63) is 126 Å². The second kappa shape index (κ2) is 27.4. The number of hydrogen-bond donors (Lipinski definition) is 3. The maximum absolute atomic E-state index is 13.6. The molecule has 4 N–H and O–H groups in total. The van der Waals surface area contributed by atoms with E-state index in [1.807, 2.05) is 12.1 Å². The van der Waals surface area contributed by atoms with Gasteiger partial charge >= 0.3 is 13.4 Å². The van der Waals surface area contributed by atoms with Gasteiger partial charge in [-0.15, -0.1) is 0 Å². The van der Waals surface area contributed by atoms with Gasteiger partial charge in [0.1, 0.15) is 11.6 Å². The third-order valence-electron chi connectivity index (χ3n) is 7.21. The van der Waals surface area contributed by atoms with Gasteiger partial charge in [0.15, 0.2) is 0 Å². The van der Waals surface area contributed by atoms with Gasteiger partial charge in [0.05, 0.1) is 12.7 Å². The molecule has 11 nitrogen and oxygen atoms in total. The standard InChI is InChI=1S/C39H56N5O6P/c1-3-4-5-6-7-8-9-10-11-12-13-14-15-16-17-18-19-20-24-27-38(45)41-30-31-42-51(47,50-35-25-22-21-23-26-35)49-34-36(48-2)28-32-44-33-29-37(40)43-39(44)46/h4-5,7-8,10-11,13-14,16-17,19-23,25-26,29,33,36H,3,6,9,12,15,18,24,27-28,30-32,34H2,1-2H3,(H,41,45)(H,42,47)(H2,40,43,46)/b5-4-,8-7-,11-10-,14-13-,17-16-,20-19-. The Labute approximate surface area is 303 Å². The largest absolute Gasteiger partial charge is 0.458 e. The van der Waals surface area contributed by atoms with Crippen LogP contribution >= 0.6 is 7.75 Å². The van der Waals surface area contributed by atoms with Crippen molar-refractivity contribution in [1.29, 1.82) is 0 Å². The molecule has 1 heterocycles. The lowest BCUT2D eigenvalue weighted by Gasteiger charge is -2.23. The molecule has 1 aromatic carbocycles. The second-order valence-electron chi connectivity index (χ2n) is 11.4. The number of aromatic nitrogens is 2. The van der Waals surface area contributed by atoms with E-state index in [0.29, 0.717) is 31.6 Å². The van der Waals surface area contributed by atoms with Crippen molar-refractivity contribution in [1.82, 2.24) is 20.0 Å². The van der Waals surface area contributed by atoms with Crippen LogP contribution in [0.15, 0.2) is 120 Å². The van der Waals surface area contributed by atoms with Gasteiger partial charge in [0.25, 0.3) is 0 Å². The molecule has 0 saturated carbocycles. The number of allylic oxidation sites excluding steroid dienone is 12. The first kappa shape index (κ1) is 42.9. The molecule has 0 radical (unpaired) electrons. The van der Waals surface area contributed by atoms with Crippen molar-refractivity contribution < 1.29 is 23.1 Å². The van der Waals surface area contributed by atoms with Crippen molar-refractivity contribution in [2.24, 2.45) is 0 Å². The number of benzene rings is 1. The van der Waals surface area contributed by atoms with E-state index < -0.39 is 19.5 Å². The normalized spacial score (nSPS) is 14.1. The van der Waals surface area contributed by atoms with Gasteiger partial charge in [0.2, 0.25) is 5.91 Å². The van der Waals surface area contributed by atoms with E-state index in [4.69, 9.17) is 19.5 Å². The highest BCUT2D eigenvalue weighted by Gasteiger charge is 2.28. The smallest absolute Gasteiger partial charge is 0.413 e. The van der Waals surface area contributed by atoms with E-state index in [-0.39, 0.29) is 31.4 Å². The Morgan fingerprint density at radius 3 is 2.04 bits per heavy atom. The summed E-state index contributed by atoms with van der Waals surface area (Å²) in [5, 5.41) is 5.66. The third-order valence-corrected chi connectivity index (χ3v) is 8.76. The van der Waals surface area contributed by atoms with Gasteiger partial charge in [-0.3, -0.25) is 13.9 Å². The Bertz CT molecular complexity index is 1530. The number of nitrogens with two attached hydrogens (primary N) is 1. The molecule has 0 aliphatic rings. The minimum atomic E-state index is -3.84. The van der Waals surface area contributed by atoms with E-state index >= 15 is 0 Å². The summed E-state index contributed by atoms with van der Waals surface area (Å²) in [6, 6.07) is 10.2. The van der Waals surface area contributed by atoms with Crippen LogP contribution in [-0.2, 0) is 25.2 Å². The first-order valence-electron chi connectivity index (χ1n) is 17.6. The number of anilines is 1. The van der Waals surface area contributed by atoms with Crippen LogP contribution in [0.25, 0.3) is 0 Å². The third kappa shape index (κ3) is 21.5. The van der Waals surface area contributed by atoms with E-state index in [1.165, 1.54) is 17.7 Å². The highest BCUT2D eigenvalue weighted by molar-refractivity contribution is 7.52. The molecule has 12 heteroatoms. The van der Waals surface area contributed by atoms with Crippen molar-refractivity contribution in [2.75, 3.05) is 32.5 Å². The average Bonchev–Trinajstić information content (AvgIpc) is 3.12. The number of rotatable bonds is 27. The Morgan fingerprint density at radius 1 is 0.882 bits per heavy atom. The highest BCUT2D eigenvalue weighted by atomic mass is 31.2. The number of nitrogen functional groups attached to an aromatic ring is 1. The number of para-hydroxylation sites is 1. The summed E-state index contributed by atoms with van der Waals surface area (Å²) in [4.78, 5) is 28.1. The number of carbonyl (C=O) groups is 1. The maximum Gasteiger partial charge on any atom is 0.458 e. The first-order valence-corrected chi connectivity index (χ1v) is 19.2. The number of methoxy groups -OCH3 is 1. The first-order chi connectivity index (χ1) is 24.8. The number of ether oxygens (including phenoxy) is 1. The lowest BCUT2D eigenvalue weighted by molar-refractivity contribution is -0.120. The lowest BCUT2D eigenvalue weighted by Crippen LogP contribution is -2.32. The van der Waals surface area contributed by atoms with Gasteiger partial charge in [-0.05, 0) is 69.6 Å². The number of hydrogen-bond acceptors (Lipinski definition) is 8. The summed E-state index contributed by atoms with van der Waals surface area (Å²) in [7, 11) is -2.34. The maximum atomic E-state index is 13.6. The van der Waals surface area contributed by atoms with Crippen molar-refractivity contribution in [3.8, 4) is 5.75 Å². The van der Waals surface area contributed by atoms with Crippen LogP contribution in [0.5, 0.6) is 5.75 Å². The monoisotopic (exact) mass is 721 g/mol. The molecule has 2 atom stereocenters. The van der Waals surface area contributed by atoms with Crippen LogP contribution in [0.1, 0.15) is 64.7 Å². The molecular weight excluding hydrogens is 665 g/mol. The van der Waals surface area contributed by atoms with E-state index in [9.17, 15) is 14.2 Å².